The van der Waals surface area contributed by atoms with E-state index in [1.54, 1.807) is 23.3 Å². The molecule has 0 fully saturated rings. The second kappa shape index (κ2) is 7.45. The molecule has 0 unspecified atom stereocenters. The minimum Gasteiger partial charge on any atom is -0.484 e. The molecule has 0 aliphatic heterocycles. The fraction of sp³-hybridized carbons (Fsp3) is 0.263. The van der Waals surface area contributed by atoms with Crippen LogP contribution in [0.2, 0.25) is 0 Å². The molecule has 0 aliphatic carbocycles. The van der Waals surface area contributed by atoms with E-state index in [1.165, 1.54) is 5.56 Å². The predicted octanol–water partition coefficient (Wildman–Crippen LogP) is 3.90. The van der Waals surface area contributed by atoms with Crippen molar-refractivity contribution in [1.82, 2.24) is 9.88 Å². The van der Waals surface area contributed by atoms with Gasteiger partial charge in [-0.3, -0.25) is 4.79 Å². The summed E-state index contributed by atoms with van der Waals surface area (Å²) in [4.78, 5) is 18.5. The number of para-hydroxylation sites is 1. The van der Waals surface area contributed by atoms with E-state index >= 15 is 0 Å². The smallest absolute Gasteiger partial charge is 0.260 e. The Labute approximate surface area is 145 Å². The second-order valence-corrected chi connectivity index (χ2v) is 6.73. The van der Waals surface area contributed by atoms with Crippen LogP contribution in [-0.4, -0.2) is 29.4 Å². The Balaban J connectivity index is 1.58. The normalized spacial score (nSPS) is 10.8. The summed E-state index contributed by atoms with van der Waals surface area (Å²) in [6.07, 6.45) is 0.947. The molecule has 4 nitrogen and oxygen atoms in total. The van der Waals surface area contributed by atoms with Crippen molar-refractivity contribution in [1.29, 1.82) is 0 Å². The van der Waals surface area contributed by atoms with Crippen molar-refractivity contribution < 1.29 is 9.53 Å². The fourth-order valence-electron chi connectivity index (χ4n) is 2.39. The zero-order chi connectivity index (χ0) is 16.9. The number of ether oxygens (including phenoxy) is 1. The van der Waals surface area contributed by atoms with Gasteiger partial charge in [0.05, 0.1) is 16.8 Å². The average Bonchev–Trinajstić information content (AvgIpc) is 3.02. The lowest BCUT2D eigenvalue weighted by Crippen LogP contribution is -2.30. The first-order chi connectivity index (χ1) is 11.7. The molecule has 3 aromatic rings. The van der Waals surface area contributed by atoms with E-state index in [0.717, 1.165) is 27.4 Å². The minimum absolute atomic E-state index is 0.0363. The summed E-state index contributed by atoms with van der Waals surface area (Å²) in [6.45, 7) is 2.63. The number of aryl methyl sites for hydroxylation is 1. The Morgan fingerprint density at radius 3 is 2.83 bits per heavy atom. The van der Waals surface area contributed by atoms with Crippen molar-refractivity contribution in [3.05, 3.63) is 59.1 Å². The van der Waals surface area contributed by atoms with Gasteiger partial charge >= 0.3 is 0 Å². The Hall–Kier alpha value is -2.40. The molecule has 124 valence electrons. The zero-order valence-corrected chi connectivity index (χ0v) is 14.7. The number of hydrogen-bond donors (Lipinski definition) is 0. The average molecular weight is 340 g/mol. The maximum absolute atomic E-state index is 12.3. The highest BCUT2D eigenvalue weighted by atomic mass is 32.1. The summed E-state index contributed by atoms with van der Waals surface area (Å²) in [7, 11) is 1.78. The third-order valence-electron chi connectivity index (χ3n) is 3.81. The number of benzene rings is 2. The van der Waals surface area contributed by atoms with E-state index in [-0.39, 0.29) is 12.5 Å². The van der Waals surface area contributed by atoms with E-state index in [9.17, 15) is 4.79 Å². The summed E-state index contributed by atoms with van der Waals surface area (Å²) < 4.78 is 6.76. The van der Waals surface area contributed by atoms with Crippen LogP contribution in [0.1, 0.15) is 17.5 Å². The molecule has 1 heterocycles. The van der Waals surface area contributed by atoms with E-state index in [2.05, 4.69) is 11.9 Å². The van der Waals surface area contributed by atoms with Gasteiger partial charge in [0.1, 0.15) is 10.8 Å². The summed E-state index contributed by atoms with van der Waals surface area (Å²) in [5.41, 5.74) is 2.17. The third kappa shape index (κ3) is 3.92. The lowest BCUT2D eigenvalue weighted by atomic mass is 10.2. The van der Waals surface area contributed by atoms with Crippen molar-refractivity contribution in [3.63, 3.8) is 0 Å². The molecule has 5 heteroatoms. The SMILES string of the molecule is CCc1cccc(OCC(=O)N(C)Cc2nc3ccccc3s2)c1. The second-order valence-electron chi connectivity index (χ2n) is 5.61. The number of carbonyl (C=O) groups excluding carboxylic acids is 1. The van der Waals surface area contributed by atoms with Gasteiger partial charge in [0.15, 0.2) is 6.61 Å². The van der Waals surface area contributed by atoms with Crippen molar-refractivity contribution in [3.8, 4) is 5.75 Å². The van der Waals surface area contributed by atoms with Gasteiger partial charge in [-0.05, 0) is 36.2 Å². The van der Waals surface area contributed by atoms with Crippen LogP contribution < -0.4 is 4.74 Å². The number of nitrogens with zero attached hydrogens (tertiary/aromatic N) is 2. The van der Waals surface area contributed by atoms with Gasteiger partial charge in [-0.2, -0.15) is 0 Å². The van der Waals surface area contributed by atoms with Crippen LogP contribution in [-0.2, 0) is 17.8 Å². The first-order valence-electron chi connectivity index (χ1n) is 7.96. The molecule has 0 aliphatic rings. The number of fused-ring (bicyclic) bond motifs is 1. The molecule has 0 spiro atoms. The first-order valence-corrected chi connectivity index (χ1v) is 8.77. The molecule has 1 aromatic heterocycles. The van der Waals surface area contributed by atoms with Crippen molar-refractivity contribution in [2.24, 2.45) is 0 Å². The number of thiazole rings is 1. The van der Waals surface area contributed by atoms with Gasteiger partial charge in [0, 0.05) is 7.05 Å². The number of amides is 1. The van der Waals surface area contributed by atoms with Crippen LogP contribution in [0.15, 0.2) is 48.5 Å². The van der Waals surface area contributed by atoms with Crippen LogP contribution >= 0.6 is 11.3 Å². The molecule has 0 bridgehead atoms. The molecule has 0 atom stereocenters. The largest absolute Gasteiger partial charge is 0.484 e. The van der Waals surface area contributed by atoms with Crippen molar-refractivity contribution in [2.45, 2.75) is 19.9 Å². The molecule has 2 aromatic carbocycles. The number of likely N-dealkylation sites (N-methyl/N-ethyl adjacent to an activating group) is 1. The monoisotopic (exact) mass is 340 g/mol. The lowest BCUT2D eigenvalue weighted by Gasteiger charge is -2.16. The van der Waals surface area contributed by atoms with Gasteiger partial charge in [-0.1, -0.05) is 31.2 Å². The van der Waals surface area contributed by atoms with E-state index < -0.39 is 0 Å². The summed E-state index contributed by atoms with van der Waals surface area (Å²) in [5.74, 6) is 0.673. The predicted molar refractivity (Wildman–Crippen MR) is 97.4 cm³/mol. The fourth-order valence-corrected chi connectivity index (χ4v) is 3.41. The highest BCUT2D eigenvalue weighted by Crippen LogP contribution is 2.22. The maximum Gasteiger partial charge on any atom is 0.260 e. The summed E-state index contributed by atoms with van der Waals surface area (Å²) in [6, 6.07) is 15.8. The van der Waals surface area contributed by atoms with E-state index in [0.29, 0.717) is 6.54 Å². The van der Waals surface area contributed by atoms with Crippen LogP contribution in [0.25, 0.3) is 10.2 Å². The molecular weight excluding hydrogens is 320 g/mol. The number of aromatic nitrogens is 1. The summed E-state index contributed by atoms with van der Waals surface area (Å²) in [5, 5.41) is 0.931. The van der Waals surface area contributed by atoms with Gasteiger partial charge in [0.25, 0.3) is 5.91 Å². The molecule has 0 N–H and O–H groups in total. The third-order valence-corrected chi connectivity index (χ3v) is 4.83. The topological polar surface area (TPSA) is 42.4 Å². The minimum atomic E-state index is -0.0591. The van der Waals surface area contributed by atoms with Gasteiger partial charge < -0.3 is 9.64 Å². The Kier molecular flexibility index (Phi) is 5.11. The zero-order valence-electron chi connectivity index (χ0n) is 13.9. The Bertz CT molecular complexity index is 811. The molecule has 24 heavy (non-hydrogen) atoms. The molecule has 0 saturated carbocycles. The Morgan fingerprint density at radius 1 is 1.21 bits per heavy atom. The molecule has 1 amide bonds. The number of rotatable bonds is 6. The standard InChI is InChI=1S/C19H20N2O2S/c1-3-14-7-6-8-15(11-14)23-13-19(22)21(2)12-18-20-16-9-4-5-10-17(16)24-18/h4-11H,3,12-13H2,1-2H3. The highest BCUT2D eigenvalue weighted by molar-refractivity contribution is 7.18. The molecule has 0 radical (unpaired) electrons. The number of carbonyl (C=O) groups is 1. The van der Waals surface area contributed by atoms with Crippen LogP contribution in [0, 0.1) is 0 Å². The quantitative estimate of drug-likeness (QED) is 0.683. The Morgan fingerprint density at radius 2 is 2.04 bits per heavy atom. The lowest BCUT2D eigenvalue weighted by molar-refractivity contribution is -0.132. The van der Waals surface area contributed by atoms with E-state index in [1.807, 2.05) is 48.5 Å². The molecule has 3 rings (SSSR count). The first kappa shape index (κ1) is 16.5. The highest BCUT2D eigenvalue weighted by Gasteiger charge is 2.13. The van der Waals surface area contributed by atoms with E-state index in [4.69, 9.17) is 4.74 Å². The number of hydrogen-bond acceptors (Lipinski definition) is 4. The molecular formula is C19H20N2O2S. The van der Waals surface area contributed by atoms with Crippen molar-refractivity contribution in [2.75, 3.05) is 13.7 Å². The molecule has 0 saturated heterocycles. The van der Waals surface area contributed by atoms with Crippen molar-refractivity contribution >= 4 is 27.5 Å². The van der Waals surface area contributed by atoms with Gasteiger partial charge in [-0.15, -0.1) is 11.3 Å². The van der Waals surface area contributed by atoms with Crippen LogP contribution in [0.5, 0.6) is 5.75 Å². The van der Waals surface area contributed by atoms with Gasteiger partial charge in [-0.25, -0.2) is 4.98 Å². The summed E-state index contributed by atoms with van der Waals surface area (Å²) >= 11 is 1.62. The van der Waals surface area contributed by atoms with Crippen LogP contribution in [0.3, 0.4) is 0 Å². The van der Waals surface area contributed by atoms with Crippen LogP contribution in [0.4, 0.5) is 0 Å². The van der Waals surface area contributed by atoms with Gasteiger partial charge in [0.2, 0.25) is 0 Å². The maximum atomic E-state index is 12.3.